The van der Waals surface area contributed by atoms with Crippen LogP contribution >= 0.6 is 0 Å². The van der Waals surface area contributed by atoms with Crippen LogP contribution in [0, 0.1) is 5.92 Å². The summed E-state index contributed by atoms with van der Waals surface area (Å²) in [6.45, 7) is 7.58. The summed E-state index contributed by atoms with van der Waals surface area (Å²) in [7, 11) is 0. The summed E-state index contributed by atoms with van der Waals surface area (Å²) in [6.07, 6.45) is 14.3. The van der Waals surface area contributed by atoms with E-state index in [9.17, 15) is 0 Å². The second kappa shape index (κ2) is 8.97. The summed E-state index contributed by atoms with van der Waals surface area (Å²) in [5.74, 6) is 1.04. The van der Waals surface area contributed by atoms with Crippen LogP contribution in [0.4, 0.5) is 0 Å². The molecule has 1 saturated carbocycles. The van der Waals surface area contributed by atoms with Gasteiger partial charge in [-0.3, -0.25) is 0 Å². The zero-order chi connectivity index (χ0) is 13.3. The first kappa shape index (κ1) is 15.3. The lowest BCUT2D eigenvalue weighted by Gasteiger charge is -2.30. The van der Waals surface area contributed by atoms with Crippen molar-refractivity contribution >= 4 is 0 Å². The fraction of sp³-hybridized carbons (Fsp3) is 1.00. The lowest BCUT2D eigenvalue weighted by atomic mass is 9.83. The Kier molecular flexibility index (Phi) is 7.23. The molecular formula is C17H34N2. The predicted octanol–water partition coefficient (Wildman–Crippen LogP) is 3.81. The van der Waals surface area contributed by atoms with E-state index in [0.717, 1.165) is 12.0 Å². The second-order valence-corrected chi connectivity index (χ2v) is 6.72. The van der Waals surface area contributed by atoms with Crippen molar-refractivity contribution in [1.29, 1.82) is 0 Å². The molecule has 1 heterocycles. The molecule has 2 aliphatic rings. The molecule has 1 aliphatic heterocycles. The molecule has 0 aromatic heterocycles. The van der Waals surface area contributed by atoms with Gasteiger partial charge in [0.15, 0.2) is 0 Å². The van der Waals surface area contributed by atoms with Crippen LogP contribution in [0.2, 0.25) is 0 Å². The van der Waals surface area contributed by atoms with E-state index in [4.69, 9.17) is 0 Å². The molecule has 0 spiro atoms. The fourth-order valence-corrected chi connectivity index (χ4v) is 3.86. The van der Waals surface area contributed by atoms with Gasteiger partial charge in [0, 0.05) is 6.04 Å². The van der Waals surface area contributed by atoms with Crippen molar-refractivity contribution in [2.24, 2.45) is 5.92 Å². The van der Waals surface area contributed by atoms with E-state index in [1.54, 1.807) is 0 Å². The molecule has 2 rings (SSSR count). The van der Waals surface area contributed by atoms with Gasteiger partial charge < -0.3 is 10.2 Å². The Morgan fingerprint density at radius 2 is 1.74 bits per heavy atom. The van der Waals surface area contributed by atoms with Crippen molar-refractivity contribution in [3.8, 4) is 0 Å². The fourth-order valence-electron chi connectivity index (χ4n) is 3.86. The smallest absolute Gasteiger partial charge is 0.00672 e. The van der Waals surface area contributed by atoms with Gasteiger partial charge >= 0.3 is 0 Å². The van der Waals surface area contributed by atoms with Crippen molar-refractivity contribution in [2.75, 3.05) is 26.2 Å². The van der Waals surface area contributed by atoms with E-state index in [0.29, 0.717) is 0 Å². The van der Waals surface area contributed by atoms with Gasteiger partial charge in [0.05, 0.1) is 0 Å². The molecule has 0 unspecified atom stereocenters. The van der Waals surface area contributed by atoms with Gasteiger partial charge in [-0.15, -0.1) is 0 Å². The molecule has 0 radical (unpaired) electrons. The van der Waals surface area contributed by atoms with E-state index in [-0.39, 0.29) is 0 Å². The van der Waals surface area contributed by atoms with Gasteiger partial charge in [0.1, 0.15) is 0 Å². The number of piperidine rings is 1. The van der Waals surface area contributed by atoms with E-state index in [1.165, 1.54) is 90.4 Å². The van der Waals surface area contributed by atoms with E-state index in [1.807, 2.05) is 0 Å². The number of rotatable bonds is 7. The minimum atomic E-state index is 0.828. The topological polar surface area (TPSA) is 15.3 Å². The summed E-state index contributed by atoms with van der Waals surface area (Å²) >= 11 is 0. The molecule has 0 amide bonds. The lowest BCUT2D eigenvalue weighted by Crippen LogP contribution is -2.36. The van der Waals surface area contributed by atoms with Gasteiger partial charge in [0.2, 0.25) is 0 Å². The third-order valence-electron chi connectivity index (χ3n) is 5.08. The Morgan fingerprint density at radius 3 is 2.42 bits per heavy atom. The number of likely N-dealkylation sites (tertiary alicyclic amines) is 1. The van der Waals surface area contributed by atoms with Crippen LogP contribution in [0.3, 0.4) is 0 Å². The first-order valence-electron chi connectivity index (χ1n) is 8.84. The largest absolute Gasteiger partial charge is 0.314 e. The number of nitrogens with one attached hydrogen (secondary N) is 1. The molecule has 1 aliphatic carbocycles. The highest BCUT2D eigenvalue weighted by molar-refractivity contribution is 4.77. The third kappa shape index (κ3) is 5.83. The lowest BCUT2D eigenvalue weighted by molar-refractivity contribution is 0.221. The van der Waals surface area contributed by atoms with Crippen molar-refractivity contribution in [3.63, 3.8) is 0 Å². The summed E-state index contributed by atoms with van der Waals surface area (Å²) < 4.78 is 0. The van der Waals surface area contributed by atoms with Crippen LogP contribution in [0.1, 0.15) is 71.1 Å². The quantitative estimate of drug-likeness (QED) is 0.705. The van der Waals surface area contributed by atoms with Gasteiger partial charge in [0.25, 0.3) is 0 Å². The molecule has 2 heteroatoms. The highest BCUT2D eigenvalue weighted by Crippen LogP contribution is 2.27. The zero-order valence-corrected chi connectivity index (χ0v) is 13.0. The van der Waals surface area contributed by atoms with Crippen molar-refractivity contribution in [1.82, 2.24) is 10.2 Å². The molecular weight excluding hydrogens is 232 g/mol. The number of nitrogens with zero attached hydrogens (tertiary/aromatic N) is 1. The Morgan fingerprint density at radius 1 is 1.00 bits per heavy atom. The van der Waals surface area contributed by atoms with Gasteiger partial charge in [-0.1, -0.05) is 26.2 Å². The van der Waals surface area contributed by atoms with E-state index < -0.39 is 0 Å². The Labute approximate surface area is 120 Å². The maximum absolute atomic E-state index is 3.80. The predicted molar refractivity (Wildman–Crippen MR) is 83.6 cm³/mol. The maximum atomic E-state index is 3.80. The van der Waals surface area contributed by atoms with Crippen LogP contribution < -0.4 is 5.32 Å². The van der Waals surface area contributed by atoms with Crippen LogP contribution in [0.5, 0.6) is 0 Å². The molecule has 1 saturated heterocycles. The average molecular weight is 266 g/mol. The summed E-state index contributed by atoms with van der Waals surface area (Å²) in [5, 5.41) is 3.80. The van der Waals surface area contributed by atoms with E-state index >= 15 is 0 Å². The van der Waals surface area contributed by atoms with Gasteiger partial charge in [-0.25, -0.2) is 0 Å². The number of hydrogen-bond acceptors (Lipinski definition) is 2. The molecule has 1 N–H and O–H groups in total. The molecule has 2 fully saturated rings. The summed E-state index contributed by atoms with van der Waals surface area (Å²) in [4.78, 5) is 2.66. The summed E-state index contributed by atoms with van der Waals surface area (Å²) in [5.41, 5.74) is 0. The standard InChI is InChI=1S/C17H34N2/c1-2-7-16-8-10-17(11-9-16)18-12-6-15-19-13-4-3-5-14-19/h16-18H,2-15H2,1H3. The zero-order valence-electron chi connectivity index (χ0n) is 13.0. The Hall–Kier alpha value is -0.0800. The molecule has 19 heavy (non-hydrogen) atoms. The minimum Gasteiger partial charge on any atom is -0.314 e. The molecule has 0 bridgehead atoms. The van der Waals surface area contributed by atoms with Crippen molar-refractivity contribution in [2.45, 2.75) is 77.2 Å². The van der Waals surface area contributed by atoms with Gasteiger partial charge in [-0.05, 0) is 77.0 Å². The highest BCUT2D eigenvalue weighted by Gasteiger charge is 2.19. The minimum absolute atomic E-state index is 0.828. The second-order valence-electron chi connectivity index (χ2n) is 6.72. The van der Waals surface area contributed by atoms with Crippen molar-refractivity contribution in [3.05, 3.63) is 0 Å². The van der Waals surface area contributed by atoms with Gasteiger partial charge in [-0.2, -0.15) is 0 Å². The highest BCUT2D eigenvalue weighted by atomic mass is 15.1. The molecule has 2 nitrogen and oxygen atoms in total. The first-order valence-corrected chi connectivity index (χ1v) is 8.84. The Bertz CT molecular complexity index is 215. The van der Waals surface area contributed by atoms with Crippen LogP contribution in [0.25, 0.3) is 0 Å². The summed E-state index contributed by atoms with van der Waals surface area (Å²) in [6, 6.07) is 0.828. The maximum Gasteiger partial charge on any atom is 0.00672 e. The molecule has 0 aromatic rings. The van der Waals surface area contributed by atoms with E-state index in [2.05, 4.69) is 17.1 Å². The van der Waals surface area contributed by atoms with Crippen LogP contribution in [0.15, 0.2) is 0 Å². The number of hydrogen-bond donors (Lipinski definition) is 1. The molecule has 0 atom stereocenters. The van der Waals surface area contributed by atoms with Crippen molar-refractivity contribution < 1.29 is 0 Å². The average Bonchev–Trinajstić information content (AvgIpc) is 2.47. The third-order valence-corrected chi connectivity index (χ3v) is 5.08. The van der Waals surface area contributed by atoms with Crippen LogP contribution in [-0.2, 0) is 0 Å². The first-order chi connectivity index (χ1) is 9.38. The normalized spacial score (nSPS) is 29.5. The van der Waals surface area contributed by atoms with Crippen LogP contribution in [-0.4, -0.2) is 37.1 Å². The molecule has 0 aromatic carbocycles. The molecule has 112 valence electrons. The monoisotopic (exact) mass is 266 g/mol. The Balaban J connectivity index is 1.47. The SMILES string of the molecule is CCCC1CCC(NCCCN2CCCCC2)CC1.